The minimum Gasteiger partial charge on any atom is -0.492 e. The molecule has 3 nitrogen and oxygen atoms in total. The molecule has 0 aliphatic carbocycles. The fraction of sp³-hybridized carbons (Fsp3) is 0.500. The van der Waals surface area contributed by atoms with Crippen LogP contribution in [0.2, 0.25) is 0 Å². The molecular weight excluding hydrogens is 270 g/mol. The van der Waals surface area contributed by atoms with Crippen molar-refractivity contribution in [2.45, 2.75) is 6.42 Å². The summed E-state index contributed by atoms with van der Waals surface area (Å²) in [6, 6.07) is 7.86. The summed E-state index contributed by atoms with van der Waals surface area (Å²) in [7, 11) is 1.72. The van der Waals surface area contributed by atoms with Crippen molar-refractivity contribution in [2.24, 2.45) is 0 Å². The normalized spacial score (nSPS) is 10.4. The van der Waals surface area contributed by atoms with Gasteiger partial charge >= 0.3 is 0 Å². The molecule has 0 atom stereocenters. The summed E-state index contributed by atoms with van der Waals surface area (Å²) < 4.78 is 11.6. The standard InChI is InChI=1S/C12H18BrNO2/c1-15-8-3-6-14-7-9-16-12-5-2-4-11(13)10-12/h2,4-5,10,14H,3,6-9H2,1H3. The second-order valence-electron chi connectivity index (χ2n) is 3.40. The van der Waals surface area contributed by atoms with Crippen LogP contribution in [-0.2, 0) is 4.74 Å². The van der Waals surface area contributed by atoms with Crippen molar-refractivity contribution in [1.29, 1.82) is 0 Å². The smallest absolute Gasteiger partial charge is 0.120 e. The minimum atomic E-state index is 0.684. The first-order valence-electron chi connectivity index (χ1n) is 5.41. The fourth-order valence-corrected chi connectivity index (χ4v) is 1.64. The van der Waals surface area contributed by atoms with Crippen LogP contribution in [0, 0.1) is 0 Å². The highest BCUT2D eigenvalue weighted by Crippen LogP contribution is 2.17. The third-order valence-corrected chi connectivity index (χ3v) is 2.54. The van der Waals surface area contributed by atoms with Gasteiger partial charge in [0.15, 0.2) is 0 Å². The molecular formula is C12H18BrNO2. The lowest BCUT2D eigenvalue weighted by molar-refractivity contribution is 0.193. The Labute approximate surface area is 105 Å². The Morgan fingerprint density at radius 2 is 2.12 bits per heavy atom. The molecule has 0 fully saturated rings. The largest absolute Gasteiger partial charge is 0.492 e. The molecule has 0 aliphatic heterocycles. The molecule has 0 radical (unpaired) electrons. The van der Waals surface area contributed by atoms with Gasteiger partial charge in [0.05, 0.1) is 0 Å². The van der Waals surface area contributed by atoms with Crippen molar-refractivity contribution < 1.29 is 9.47 Å². The molecule has 0 saturated heterocycles. The van der Waals surface area contributed by atoms with E-state index in [1.54, 1.807) is 7.11 Å². The molecule has 0 unspecified atom stereocenters. The minimum absolute atomic E-state index is 0.684. The van der Waals surface area contributed by atoms with E-state index in [4.69, 9.17) is 9.47 Å². The van der Waals surface area contributed by atoms with Crippen LogP contribution in [-0.4, -0.2) is 33.4 Å². The number of hydrogen-bond acceptors (Lipinski definition) is 3. The summed E-state index contributed by atoms with van der Waals surface area (Å²) in [5.41, 5.74) is 0. The van der Waals surface area contributed by atoms with Gasteiger partial charge in [0.2, 0.25) is 0 Å². The van der Waals surface area contributed by atoms with Crippen molar-refractivity contribution in [1.82, 2.24) is 5.32 Å². The number of halogens is 1. The van der Waals surface area contributed by atoms with E-state index in [1.807, 2.05) is 24.3 Å². The van der Waals surface area contributed by atoms with Gasteiger partial charge in [0, 0.05) is 24.7 Å². The Hall–Kier alpha value is -0.580. The topological polar surface area (TPSA) is 30.5 Å². The summed E-state index contributed by atoms with van der Waals surface area (Å²) in [5.74, 6) is 0.896. The summed E-state index contributed by atoms with van der Waals surface area (Å²) in [6.45, 7) is 3.31. The maximum Gasteiger partial charge on any atom is 0.120 e. The Kier molecular flexibility index (Phi) is 7.21. The first kappa shape index (κ1) is 13.5. The lowest BCUT2D eigenvalue weighted by Gasteiger charge is -2.07. The van der Waals surface area contributed by atoms with Crippen LogP contribution >= 0.6 is 15.9 Å². The van der Waals surface area contributed by atoms with E-state index >= 15 is 0 Å². The van der Waals surface area contributed by atoms with E-state index in [0.29, 0.717) is 6.61 Å². The zero-order chi connectivity index (χ0) is 11.6. The Bertz CT molecular complexity index is 294. The molecule has 0 saturated carbocycles. The SMILES string of the molecule is COCCCNCCOc1cccc(Br)c1. The predicted octanol–water partition coefficient (Wildman–Crippen LogP) is 2.45. The first-order chi connectivity index (χ1) is 7.83. The molecule has 16 heavy (non-hydrogen) atoms. The van der Waals surface area contributed by atoms with E-state index in [2.05, 4.69) is 21.2 Å². The summed E-state index contributed by atoms with van der Waals surface area (Å²) in [4.78, 5) is 0. The molecule has 0 aliphatic rings. The quantitative estimate of drug-likeness (QED) is 0.745. The van der Waals surface area contributed by atoms with Crippen LogP contribution in [0.25, 0.3) is 0 Å². The molecule has 0 aromatic heterocycles. The molecule has 90 valence electrons. The molecule has 4 heteroatoms. The fourth-order valence-electron chi connectivity index (χ4n) is 1.26. The molecule has 1 aromatic carbocycles. The van der Waals surface area contributed by atoms with Crippen molar-refractivity contribution in [3.05, 3.63) is 28.7 Å². The van der Waals surface area contributed by atoms with Crippen molar-refractivity contribution in [2.75, 3.05) is 33.4 Å². The summed E-state index contributed by atoms with van der Waals surface area (Å²) in [5, 5.41) is 3.29. The van der Waals surface area contributed by atoms with Gasteiger partial charge in [-0.15, -0.1) is 0 Å². The van der Waals surface area contributed by atoms with Gasteiger partial charge in [-0.25, -0.2) is 0 Å². The van der Waals surface area contributed by atoms with Gasteiger partial charge in [0.25, 0.3) is 0 Å². The van der Waals surface area contributed by atoms with Crippen molar-refractivity contribution in [3.8, 4) is 5.75 Å². The number of methoxy groups -OCH3 is 1. The maximum absolute atomic E-state index is 5.57. The monoisotopic (exact) mass is 287 g/mol. The molecule has 1 aromatic rings. The van der Waals surface area contributed by atoms with Crippen LogP contribution in [0.5, 0.6) is 5.75 Å². The van der Waals surface area contributed by atoms with Crippen LogP contribution < -0.4 is 10.1 Å². The molecule has 1 N–H and O–H groups in total. The average molecular weight is 288 g/mol. The summed E-state index contributed by atoms with van der Waals surface area (Å²) in [6.07, 6.45) is 1.04. The highest BCUT2D eigenvalue weighted by molar-refractivity contribution is 9.10. The zero-order valence-electron chi connectivity index (χ0n) is 9.54. The van der Waals surface area contributed by atoms with E-state index < -0.39 is 0 Å². The molecule has 0 spiro atoms. The maximum atomic E-state index is 5.57. The van der Waals surface area contributed by atoms with Gasteiger partial charge in [-0.05, 0) is 31.2 Å². The van der Waals surface area contributed by atoms with Gasteiger partial charge in [-0.3, -0.25) is 0 Å². The highest BCUT2D eigenvalue weighted by atomic mass is 79.9. The highest BCUT2D eigenvalue weighted by Gasteiger charge is 1.94. The zero-order valence-corrected chi connectivity index (χ0v) is 11.1. The number of ether oxygens (including phenoxy) is 2. The van der Waals surface area contributed by atoms with E-state index in [0.717, 1.165) is 36.3 Å². The van der Waals surface area contributed by atoms with Crippen molar-refractivity contribution in [3.63, 3.8) is 0 Å². The third-order valence-electron chi connectivity index (χ3n) is 2.05. The van der Waals surface area contributed by atoms with Crippen LogP contribution in [0.1, 0.15) is 6.42 Å². The molecule has 1 rings (SSSR count). The summed E-state index contributed by atoms with van der Waals surface area (Å²) >= 11 is 3.40. The van der Waals surface area contributed by atoms with Crippen LogP contribution in [0.15, 0.2) is 28.7 Å². The predicted molar refractivity (Wildman–Crippen MR) is 69.0 cm³/mol. The third kappa shape index (κ3) is 6.10. The second-order valence-corrected chi connectivity index (χ2v) is 4.32. The van der Waals surface area contributed by atoms with Gasteiger partial charge < -0.3 is 14.8 Å². The Balaban J connectivity index is 2.03. The molecule has 0 heterocycles. The average Bonchev–Trinajstić information content (AvgIpc) is 2.28. The van der Waals surface area contributed by atoms with Gasteiger partial charge in [-0.1, -0.05) is 22.0 Å². The van der Waals surface area contributed by atoms with E-state index in [1.165, 1.54) is 0 Å². The number of hydrogen-bond donors (Lipinski definition) is 1. The number of benzene rings is 1. The van der Waals surface area contributed by atoms with Gasteiger partial charge in [0.1, 0.15) is 12.4 Å². The van der Waals surface area contributed by atoms with Gasteiger partial charge in [-0.2, -0.15) is 0 Å². The Morgan fingerprint density at radius 3 is 2.88 bits per heavy atom. The van der Waals surface area contributed by atoms with Crippen LogP contribution in [0.4, 0.5) is 0 Å². The lowest BCUT2D eigenvalue weighted by Crippen LogP contribution is -2.22. The molecule has 0 bridgehead atoms. The molecule has 0 amide bonds. The second kappa shape index (κ2) is 8.56. The number of nitrogens with one attached hydrogen (secondary N) is 1. The van der Waals surface area contributed by atoms with Crippen molar-refractivity contribution >= 4 is 15.9 Å². The van der Waals surface area contributed by atoms with E-state index in [-0.39, 0.29) is 0 Å². The Morgan fingerprint density at radius 1 is 1.25 bits per heavy atom. The van der Waals surface area contributed by atoms with E-state index in [9.17, 15) is 0 Å². The lowest BCUT2D eigenvalue weighted by atomic mass is 10.3. The van der Waals surface area contributed by atoms with Crippen LogP contribution in [0.3, 0.4) is 0 Å². The first-order valence-corrected chi connectivity index (χ1v) is 6.20. The number of rotatable bonds is 8.